The number of fused-ring (bicyclic) bond motifs is 1. The number of hydrogen-bond acceptors (Lipinski definition) is 6. The van der Waals surface area contributed by atoms with Gasteiger partial charge in [-0.15, -0.1) is 0 Å². The van der Waals surface area contributed by atoms with Crippen molar-refractivity contribution >= 4 is 27.3 Å². The molecule has 1 aliphatic heterocycles. The molecular weight excluding hydrogens is 422 g/mol. The van der Waals surface area contributed by atoms with Gasteiger partial charge in [0.05, 0.1) is 22.9 Å². The minimum Gasteiger partial charge on any atom is -0.487 e. The molecule has 0 saturated heterocycles. The maximum absolute atomic E-state index is 13.1. The Morgan fingerprint density at radius 2 is 1.94 bits per heavy atom. The molecule has 2 atom stereocenters. The van der Waals surface area contributed by atoms with Gasteiger partial charge in [-0.05, 0) is 32.9 Å². The molecule has 1 N–H and O–H groups in total. The summed E-state index contributed by atoms with van der Waals surface area (Å²) in [5.41, 5.74) is 0.0705. The third-order valence-electron chi connectivity index (χ3n) is 5.08. The number of ether oxygens (including phenoxy) is 1. The first-order valence-electron chi connectivity index (χ1n) is 9.71. The van der Waals surface area contributed by atoms with Crippen LogP contribution in [-0.4, -0.2) is 37.1 Å². The van der Waals surface area contributed by atoms with Crippen molar-refractivity contribution in [3.8, 4) is 5.75 Å². The number of carbonyl (C=O) groups excluding carboxylic acids is 1. The zero-order valence-corrected chi connectivity index (χ0v) is 18.5. The normalized spacial score (nSPS) is 18.3. The topological polar surface area (TPSA) is 119 Å². The van der Waals surface area contributed by atoms with Crippen LogP contribution in [0.1, 0.15) is 38.8 Å². The number of nitro groups is 1. The number of nitro benzene ring substituents is 1. The fourth-order valence-electron chi connectivity index (χ4n) is 3.78. The minimum absolute atomic E-state index is 0.0482. The maximum atomic E-state index is 13.1. The van der Waals surface area contributed by atoms with Crippen LogP contribution in [0.4, 0.5) is 11.4 Å². The van der Waals surface area contributed by atoms with Crippen molar-refractivity contribution in [3.63, 3.8) is 0 Å². The van der Waals surface area contributed by atoms with Crippen LogP contribution < -0.4 is 14.4 Å². The molecular formula is C21H25N3O6S. The smallest absolute Gasteiger partial charge is 0.271 e. The average Bonchev–Trinajstić information content (AvgIpc) is 2.66. The molecule has 0 fully saturated rings. The molecule has 9 nitrogen and oxygen atoms in total. The van der Waals surface area contributed by atoms with Crippen molar-refractivity contribution in [2.45, 2.75) is 44.9 Å². The van der Waals surface area contributed by atoms with Crippen LogP contribution in [0.25, 0.3) is 0 Å². The lowest BCUT2D eigenvalue weighted by Crippen LogP contribution is -2.50. The SMILES string of the molecule is C[C@@H](C(=O)N[C@@H]1CC(C)(C)Oc2ccccc21)N(c1cccc([N+](=O)[O-])c1)S(C)(=O)=O. The number of anilines is 1. The van der Waals surface area contributed by atoms with E-state index in [0.29, 0.717) is 12.2 Å². The Balaban J connectivity index is 1.91. The van der Waals surface area contributed by atoms with Gasteiger partial charge in [0.25, 0.3) is 5.69 Å². The van der Waals surface area contributed by atoms with E-state index in [0.717, 1.165) is 22.2 Å². The lowest BCUT2D eigenvalue weighted by molar-refractivity contribution is -0.384. The number of rotatable bonds is 6. The third kappa shape index (κ3) is 4.96. The molecule has 3 rings (SSSR count). The van der Waals surface area contributed by atoms with Crippen molar-refractivity contribution in [1.82, 2.24) is 5.32 Å². The second kappa shape index (κ2) is 8.18. The maximum Gasteiger partial charge on any atom is 0.271 e. The van der Waals surface area contributed by atoms with Crippen LogP contribution in [0, 0.1) is 10.1 Å². The summed E-state index contributed by atoms with van der Waals surface area (Å²) in [5.74, 6) is 0.143. The van der Waals surface area contributed by atoms with Gasteiger partial charge in [-0.25, -0.2) is 8.42 Å². The molecule has 2 aromatic carbocycles. The molecule has 0 aromatic heterocycles. The summed E-state index contributed by atoms with van der Waals surface area (Å²) in [6.07, 6.45) is 1.46. The predicted molar refractivity (Wildman–Crippen MR) is 117 cm³/mol. The van der Waals surface area contributed by atoms with E-state index in [1.165, 1.54) is 25.1 Å². The molecule has 0 unspecified atom stereocenters. The van der Waals surface area contributed by atoms with E-state index >= 15 is 0 Å². The molecule has 0 bridgehead atoms. The summed E-state index contributed by atoms with van der Waals surface area (Å²) in [7, 11) is -3.90. The van der Waals surface area contributed by atoms with Gasteiger partial charge in [-0.3, -0.25) is 19.2 Å². The van der Waals surface area contributed by atoms with E-state index in [-0.39, 0.29) is 17.4 Å². The molecule has 10 heteroatoms. The standard InChI is InChI=1S/C21H25N3O6S/c1-14(23(31(4,28)29)15-8-7-9-16(12-15)24(26)27)20(25)22-18-13-21(2,3)30-19-11-6-5-10-17(18)19/h5-12,14,18H,13H2,1-4H3,(H,22,25)/t14-,18+/m0/s1. The highest BCUT2D eigenvalue weighted by Gasteiger charge is 2.37. The molecule has 0 spiro atoms. The van der Waals surface area contributed by atoms with E-state index in [1.54, 1.807) is 0 Å². The van der Waals surface area contributed by atoms with Crippen LogP contribution in [-0.2, 0) is 14.8 Å². The van der Waals surface area contributed by atoms with E-state index in [9.17, 15) is 23.3 Å². The number of hydrogen-bond donors (Lipinski definition) is 1. The van der Waals surface area contributed by atoms with Gasteiger partial charge in [0, 0.05) is 24.1 Å². The highest BCUT2D eigenvalue weighted by atomic mass is 32.2. The zero-order chi connectivity index (χ0) is 23.0. The second-order valence-corrected chi connectivity index (χ2v) is 10.0. The van der Waals surface area contributed by atoms with Crippen molar-refractivity contribution in [1.29, 1.82) is 0 Å². The fraction of sp³-hybridized carbons (Fsp3) is 0.381. The second-order valence-electron chi connectivity index (χ2n) is 8.18. The lowest BCUT2D eigenvalue weighted by Gasteiger charge is -2.38. The first-order valence-corrected chi connectivity index (χ1v) is 11.6. The van der Waals surface area contributed by atoms with Crippen molar-refractivity contribution < 1.29 is 22.9 Å². The van der Waals surface area contributed by atoms with Gasteiger partial charge in [0.2, 0.25) is 15.9 Å². The average molecular weight is 448 g/mol. The number of benzene rings is 2. The Labute approximate surface area is 181 Å². The van der Waals surface area contributed by atoms with Crippen LogP contribution >= 0.6 is 0 Å². The number of nitrogens with zero attached hydrogens (tertiary/aromatic N) is 2. The van der Waals surface area contributed by atoms with Crippen molar-refractivity contribution in [2.24, 2.45) is 0 Å². The first kappa shape index (κ1) is 22.5. The summed E-state index contributed by atoms with van der Waals surface area (Å²) in [4.78, 5) is 23.6. The Morgan fingerprint density at radius 3 is 2.58 bits per heavy atom. The van der Waals surface area contributed by atoms with Crippen molar-refractivity contribution in [3.05, 3.63) is 64.2 Å². The zero-order valence-electron chi connectivity index (χ0n) is 17.7. The molecule has 0 radical (unpaired) electrons. The van der Waals surface area contributed by atoms with Gasteiger partial charge in [0.1, 0.15) is 17.4 Å². The van der Waals surface area contributed by atoms with Gasteiger partial charge >= 0.3 is 0 Å². The molecule has 1 amide bonds. The molecule has 1 aliphatic rings. The third-order valence-corrected chi connectivity index (χ3v) is 6.32. The minimum atomic E-state index is -3.90. The van der Waals surface area contributed by atoms with Crippen LogP contribution in [0.2, 0.25) is 0 Å². The lowest BCUT2D eigenvalue weighted by atomic mass is 9.89. The van der Waals surface area contributed by atoms with E-state index in [2.05, 4.69) is 5.32 Å². The Hall–Kier alpha value is -3.14. The summed E-state index contributed by atoms with van der Waals surface area (Å²) >= 11 is 0. The molecule has 166 valence electrons. The van der Waals surface area contributed by atoms with Crippen LogP contribution in [0.15, 0.2) is 48.5 Å². The number of carbonyl (C=O) groups is 1. The molecule has 2 aromatic rings. The van der Waals surface area contributed by atoms with Gasteiger partial charge in [-0.2, -0.15) is 0 Å². The Bertz CT molecular complexity index is 1120. The van der Waals surface area contributed by atoms with E-state index < -0.39 is 32.5 Å². The number of sulfonamides is 1. The van der Waals surface area contributed by atoms with Crippen LogP contribution in [0.5, 0.6) is 5.75 Å². The van der Waals surface area contributed by atoms with Crippen molar-refractivity contribution in [2.75, 3.05) is 10.6 Å². The number of nitrogens with one attached hydrogen (secondary N) is 1. The summed E-state index contributed by atoms with van der Waals surface area (Å²) < 4.78 is 31.9. The van der Waals surface area contributed by atoms with E-state index in [1.807, 2.05) is 38.1 Å². The molecule has 0 saturated carbocycles. The summed E-state index contributed by atoms with van der Waals surface area (Å²) in [5, 5.41) is 14.0. The van der Waals surface area contributed by atoms with Gasteiger partial charge in [-0.1, -0.05) is 24.3 Å². The Morgan fingerprint density at radius 1 is 1.26 bits per heavy atom. The van der Waals surface area contributed by atoms with Crippen LogP contribution in [0.3, 0.4) is 0 Å². The quantitative estimate of drug-likeness (QED) is 0.537. The number of non-ortho nitro benzene ring substituents is 1. The molecule has 31 heavy (non-hydrogen) atoms. The highest BCUT2D eigenvalue weighted by Crippen LogP contribution is 2.39. The monoisotopic (exact) mass is 447 g/mol. The number of amides is 1. The van der Waals surface area contributed by atoms with E-state index in [4.69, 9.17) is 4.74 Å². The van der Waals surface area contributed by atoms with Gasteiger partial charge < -0.3 is 10.1 Å². The summed E-state index contributed by atoms with van der Waals surface area (Å²) in [6, 6.07) is 11.1. The first-order chi connectivity index (χ1) is 14.4. The molecule has 0 aliphatic carbocycles. The summed E-state index contributed by atoms with van der Waals surface area (Å²) in [6.45, 7) is 5.28. The Kier molecular flexibility index (Phi) is 5.95. The predicted octanol–water partition coefficient (Wildman–Crippen LogP) is 3.17. The fourth-order valence-corrected chi connectivity index (χ4v) is 4.94. The largest absolute Gasteiger partial charge is 0.487 e. The van der Waals surface area contributed by atoms with Gasteiger partial charge in [0.15, 0.2) is 0 Å². The number of para-hydroxylation sites is 1. The molecule has 1 heterocycles. The highest BCUT2D eigenvalue weighted by molar-refractivity contribution is 7.92.